The largest absolute Gasteiger partial charge is 0.478 e. The Morgan fingerprint density at radius 3 is 2.52 bits per heavy atom. The van der Waals surface area contributed by atoms with Crippen molar-refractivity contribution in [1.29, 1.82) is 0 Å². The number of nitrogens with two attached hydrogens (primary N) is 1. The average Bonchev–Trinajstić information content (AvgIpc) is 2.43. The van der Waals surface area contributed by atoms with Crippen molar-refractivity contribution in [2.75, 3.05) is 18.4 Å². The van der Waals surface area contributed by atoms with Crippen molar-refractivity contribution >= 4 is 23.6 Å². The van der Waals surface area contributed by atoms with Gasteiger partial charge in [-0.25, -0.2) is 9.59 Å². The minimum absolute atomic E-state index is 0.0135. The lowest BCUT2D eigenvalue weighted by atomic mass is 10.2. The van der Waals surface area contributed by atoms with E-state index in [9.17, 15) is 14.4 Å². The second-order valence-corrected chi connectivity index (χ2v) is 4.52. The summed E-state index contributed by atoms with van der Waals surface area (Å²) in [5.41, 5.74) is 5.29. The second-order valence-electron chi connectivity index (χ2n) is 4.52. The fourth-order valence-corrected chi connectivity index (χ4v) is 1.76. The molecule has 7 heteroatoms. The maximum absolute atomic E-state index is 12.1. The smallest absolute Gasteiger partial charge is 0.337 e. The van der Waals surface area contributed by atoms with Gasteiger partial charge in [-0.3, -0.25) is 4.79 Å². The van der Waals surface area contributed by atoms with Gasteiger partial charge < -0.3 is 21.1 Å². The van der Waals surface area contributed by atoms with Crippen LogP contribution in [0.2, 0.25) is 0 Å². The fraction of sp³-hybridized carbons (Fsp3) is 0.357. The number of rotatable bonds is 7. The third kappa shape index (κ3) is 5.13. The highest BCUT2D eigenvalue weighted by Gasteiger charge is 2.18. The number of primary amides is 1. The van der Waals surface area contributed by atoms with Crippen molar-refractivity contribution in [3.8, 4) is 0 Å². The van der Waals surface area contributed by atoms with E-state index in [1.807, 2.05) is 6.92 Å². The molecule has 0 radical (unpaired) electrons. The molecule has 0 unspecified atom stereocenters. The number of hydrogen-bond donors (Lipinski definition) is 3. The van der Waals surface area contributed by atoms with Gasteiger partial charge in [0.05, 0.1) is 11.3 Å². The fourth-order valence-electron chi connectivity index (χ4n) is 1.76. The number of carbonyl (C=O) groups is 3. The Morgan fingerprint density at radius 1 is 1.29 bits per heavy atom. The Hall–Kier alpha value is -2.57. The molecule has 21 heavy (non-hydrogen) atoms. The summed E-state index contributed by atoms with van der Waals surface area (Å²) >= 11 is 0. The van der Waals surface area contributed by atoms with Gasteiger partial charge in [0.2, 0.25) is 5.91 Å². The maximum Gasteiger partial charge on any atom is 0.337 e. The molecular formula is C14H19N3O4. The third-order valence-electron chi connectivity index (χ3n) is 2.81. The molecular weight excluding hydrogens is 274 g/mol. The highest BCUT2D eigenvalue weighted by atomic mass is 16.4. The second kappa shape index (κ2) is 7.88. The maximum atomic E-state index is 12.1. The van der Waals surface area contributed by atoms with Gasteiger partial charge in [-0.2, -0.15) is 0 Å². The number of urea groups is 1. The molecule has 0 atom stereocenters. The number of benzene rings is 1. The molecule has 0 aromatic heterocycles. The van der Waals surface area contributed by atoms with Crippen molar-refractivity contribution in [2.45, 2.75) is 19.8 Å². The van der Waals surface area contributed by atoms with Gasteiger partial charge in [0, 0.05) is 6.54 Å². The monoisotopic (exact) mass is 293 g/mol. The van der Waals surface area contributed by atoms with Gasteiger partial charge in [-0.1, -0.05) is 25.5 Å². The van der Waals surface area contributed by atoms with Crippen LogP contribution in [0.1, 0.15) is 30.1 Å². The molecule has 0 fully saturated rings. The summed E-state index contributed by atoms with van der Waals surface area (Å²) in [6.07, 6.45) is 1.58. The summed E-state index contributed by atoms with van der Waals surface area (Å²) in [5, 5.41) is 11.6. The van der Waals surface area contributed by atoms with E-state index in [-0.39, 0.29) is 17.8 Å². The van der Waals surface area contributed by atoms with Crippen molar-refractivity contribution in [3.63, 3.8) is 0 Å². The van der Waals surface area contributed by atoms with Crippen LogP contribution in [-0.2, 0) is 4.79 Å². The Morgan fingerprint density at radius 2 is 1.95 bits per heavy atom. The van der Waals surface area contributed by atoms with Gasteiger partial charge in [-0.15, -0.1) is 0 Å². The van der Waals surface area contributed by atoms with E-state index in [1.165, 1.54) is 17.0 Å². The molecule has 7 nitrogen and oxygen atoms in total. The molecule has 1 rings (SSSR count). The van der Waals surface area contributed by atoms with Gasteiger partial charge in [0.25, 0.3) is 0 Å². The van der Waals surface area contributed by atoms with E-state index in [0.29, 0.717) is 6.54 Å². The van der Waals surface area contributed by atoms with Crippen LogP contribution in [0, 0.1) is 0 Å². The number of nitrogens with zero attached hydrogens (tertiary/aromatic N) is 1. The first-order valence-corrected chi connectivity index (χ1v) is 6.62. The number of amides is 3. The summed E-state index contributed by atoms with van der Waals surface area (Å²) in [6.45, 7) is 2.13. The molecule has 0 aliphatic heterocycles. The molecule has 114 valence electrons. The summed E-state index contributed by atoms with van der Waals surface area (Å²) in [6, 6.07) is 5.52. The summed E-state index contributed by atoms with van der Waals surface area (Å²) < 4.78 is 0. The lowest BCUT2D eigenvalue weighted by Crippen LogP contribution is -2.41. The van der Waals surface area contributed by atoms with Crippen molar-refractivity contribution in [1.82, 2.24) is 4.90 Å². The number of carbonyl (C=O) groups excluding carboxylic acids is 2. The number of nitrogens with one attached hydrogen (secondary N) is 1. The Bertz CT molecular complexity index is 531. The molecule has 0 aliphatic rings. The van der Waals surface area contributed by atoms with E-state index in [1.54, 1.807) is 12.1 Å². The topological polar surface area (TPSA) is 113 Å². The first-order chi connectivity index (χ1) is 9.95. The molecule has 3 amide bonds. The first-order valence-electron chi connectivity index (χ1n) is 6.62. The minimum atomic E-state index is -1.14. The van der Waals surface area contributed by atoms with Crippen LogP contribution in [-0.4, -0.2) is 41.0 Å². The number of carboxylic acid groups (broad SMARTS) is 1. The quantitative estimate of drug-likeness (QED) is 0.707. The van der Waals surface area contributed by atoms with Crippen LogP contribution in [0.25, 0.3) is 0 Å². The van der Waals surface area contributed by atoms with Gasteiger partial charge in [0.15, 0.2) is 0 Å². The number of hydrogen-bond acceptors (Lipinski definition) is 3. The molecule has 1 aromatic rings. The predicted octanol–water partition coefficient (Wildman–Crippen LogP) is 1.50. The predicted molar refractivity (Wildman–Crippen MR) is 78.1 cm³/mol. The number of anilines is 1. The number of unbranched alkanes of at least 4 members (excludes halogenated alkanes) is 1. The standard InChI is InChI=1S/C14H19N3O4/c1-2-3-8-17(9-12(15)18)14(21)16-11-7-5-4-6-10(11)13(19)20/h4-7H,2-3,8-9H2,1H3,(H2,15,18)(H,16,21)(H,19,20). The van der Waals surface area contributed by atoms with E-state index < -0.39 is 17.9 Å². The van der Waals surface area contributed by atoms with E-state index in [4.69, 9.17) is 10.8 Å². The third-order valence-corrected chi connectivity index (χ3v) is 2.81. The van der Waals surface area contributed by atoms with E-state index >= 15 is 0 Å². The van der Waals surface area contributed by atoms with Gasteiger partial charge >= 0.3 is 12.0 Å². The van der Waals surface area contributed by atoms with Crippen LogP contribution in [0.5, 0.6) is 0 Å². The van der Waals surface area contributed by atoms with E-state index in [0.717, 1.165) is 12.8 Å². The summed E-state index contributed by atoms with van der Waals surface area (Å²) in [5.74, 6) is -1.76. The number of carboxylic acids is 1. The lowest BCUT2D eigenvalue weighted by Gasteiger charge is -2.21. The summed E-state index contributed by atoms with van der Waals surface area (Å²) in [7, 11) is 0. The van der Waals surface area contributed by atoms with Crippen LogP contribution < -0.4 is 11.1 Å². The highest BCUT2D eigenvalue weighted by molar-refractivity contribution is 6.00. The van der Waals surface area contributed by atoms with Crippen LogP contribution in [0.3, 0.4) is 0 Å². The van der Waals surface area contributed by atoms with Crippen molar-refractivity contribution in [2.24, 2.45) is 5.73 Å². The molecule has 1 aromatic carbocycles. The zero-order chi connectivity index (χ0) is 15.8. The van der Waals surface area contributed by atoms with Crippen LogP contribution in [0.15, 0.2) is 24.3 Å². The SMILES string of the molecule is CCCCN(CC(N)=O)C(=O)Nc1ccccc1C(=O)O. The molecule has 0 spiro atoms. The molecule has 0 saturated carbocycles. The first kappa shape index (κ1) is 16.5. The molecule has 0 bridgehead atoms. The van der Waals surface area contributed by atoms with Gasteiger partial charge in [-0.05, 0) is 18.6 Å². The Kier molecular flexibility index (Phi) is 6.19. The Labute approximate surface area is 122 Å². The van der Waals surface area contributed by atoms with Crippen LogP contribution in [0.4, 0.5) is 10.5 Å². The van der Waals surface area contributed by atoms with Gasteiger partial charge in [0.1, 0.15) is 6.54 Å². The van der Waals surface area contributed by atoms with Crippen molar-refractivity contribution in [3.05, 3.63) is 29.8 Å². The normalized spacial score (nSPS) is 9.95. The minimum Gasteiger partial charge on any atom is -0.478 e. The zero-order valence-corrected chi connectivity index (χ0v) is 11.8. The zero-order valence-electron chi connectivity index (χ0n) is 11.8. The molecule has 0 aliphatic carbocycles. The highest BCUT2D eigenvalue weighted by Crippen LogP contribution is 2.15. The molecule has 0 saturated heterocycles. The number of aromatic carboxylic acids is 1. The molecule has 4 N–H and O–H groups in total. The van der Waals surface area contributed by atoms with Crippen LogP contribution >= 0.6 is 0 Å². The van der Waals surface area contributed by atoms with E-state index in [2.05, 4.69) is 5.32 Å². The Balaban J connectivity index is 2.85. The van der Waals surface area contributed by atoms with Crippen molar-refractivity contribution < 1.29 is 19.5 Å². The summed E-state index contributed by atoms with van der Waals surface area (Å²) in [4.78, 5) is 35.5. The average molecular weight is 293 g/mol. The number of para-hydroxylation sites is 1. The molecule has 0 heterocycles. The lowest BCUT2D eigenvalue weighted by molar-refractivity contribution is -0.118.